The highest BCUT2D eigenvalue weighted by Crippen LogP contribution is 2.09. The molecule has 1 aliphatic heterocycles. The second kappa shape index (κ2) is 6.29. The molecular weight excluding hydrogens is 264 g/mol. The number of alkyl carbamates (subject to hydrolysis) is 1. The van der Waals surface area contributed by atoms with Gasteiger partial charge in [0.2, 0.25) is 0 Å². The highest BCUT2D eigenvalue weighted by Gasteiger charge is 2.27. The molecule has 2 amide bonds. The summed E-state index contributed by atoms with van der Waals surface area (Å²) in [6, 6.07) is 9.46. The van der Waals surface area contributed by atoms with E-state index < -0.39 is 12.2 Å². The van der Waals surface area contributed by atoms with Gasteiger partial charge in [-0.05, 0) is 12.0 Å². The lowest BCUT2D eigenvalue weighted by molar-refractivity contribution is -0.129. The van der Waals surface area contributed by atoms with Crippen LogP contribution in [0.3, 0.4) is 0 Å². The molecule has 0 bridgehead atoms. The molecule has 1 atom stereocenters. The topological polar surface area (TPSA) is 67.4 Å². The lowest BCUT2D eigenvalue weighted by Gasteiger charge is -2.22. The molecule has 1 aromatic rings. The molecule has 100 valence electrons. The SMILES string of the molecule is O=C(NCc1ccccc1)OC1CCC(=S)NC1=O. The summed E-state index contributed by atoms with van der Waals surface area (Å²) >= 11 is 4.88. The fraction of sp³-hybridized carbons (Fsp3) is 0.308. The summed E-state index contributed by atoms with van der Waals surface area (Å²) in [5, 5.41) is 5.10. The monoisotopic (exact) mass is 278 g/mol. The zero-order chi connectivity index (χ0) is 13.7. The van der Waals surface area contributed by atoms with Gasteiger partial charge in [0.25, 0.3) is 5.91 Å². The van der Waals surface area contributed by atoms with E-state index in [0.717, 1.165) is 5.56 Å². The number of rotatable bonds is 3. The summed E-state index contributed by atoms with van der Waals surface area (Å²) in [6.07, 6.45) is -0.375. The van der Waals surface area contributed by atoms with Crippen molar-refractivity contribution >= 4 is 29.2 Å². The highest BCUT2D eigenvalue weighted by atomic mass is 32.1. The van der Waals surface area contributed by atoms with E-state index >= 15 is 0 Å². The third-order valence-electron chi connectivity index (χ3n) is 2.72. The number of nitrogens with one attached hydrogen (secondary N) is 2. The van der Waals surface area contributed by atoms with E-state index in [4.69, 9.17) is 17.0 Å². The summed E-state index contributed by atoms with van der Waals surface area (Å²) in [4.78, 5) is 23.6. The van der Waals surface area contributed by atoms with Crippen LogP contribution in [0.1, 0.15) is 18.4 Å². The van der Waals surface area contributed by atoms with Crippen LogP contribution in [0.2, 0.25) is 0 Å². The van der Waals surface area contributed by atoms with Gasteiger partial charge in [0, 0.05) is 13.0 Å². The van der Waals surface area contributed by atoms with E-state index in [1.54, 1.807) is 0 Å². The Labute approximate surface area is 116 Å². The van der Waals surface area contributed by atoms with Gasteiger partial charge in [-0.25, -0.2) is 4.79 Å². The van der Waals surface area contributed by atoms with E-state index in [2.05, 4.69) is 10.6 Å². The molecule has 0 spiro atoms. The van der Waals surface area contributed by atoms with Gasteiger partial charge in [-0.15, -0.1) is 0 Å². The third kappa shape index (κ3) is 4.03. The predicted molar refractivity (Wildman–Crippen MR) is 73.5 cm³/mol. The Balaban J connectivity index is 1.78. The molecule has 19 heavy (non-hydrogen) atoms. The first-order chi connectivity index (χ1) is 9.15. The van der Waals surface area contributed by atoms with Crippen molar-refractivity contribution in [2.45, 2.75) is 25.5 Å². The minimum absolute atomic E-state index is 0.355. The zero-order valence-corrected chi connectivity index (χ0v) is 11.0. The molecule has 6 heteroatoms. The van der Waals surface area contributed by atoms with Gasteiger partial charge in [-0.3, -0.25) is 4.79 Å². The van der Waals surface area contributed by atoms with Crippen molar-refractivity contribution in [1.29, 1.82) is 0 Å². The first-order valence-corrected chi connectivity index (χ1v) is 6.38. The second-order valence-corrected chi connectivity index (χ2v) is 4.68. The van der Waals surface area contributed by atoms with Gasteiger partial charge in [0.05, 0.1) is 4.99 Å². The smallest absolute Gasteiger partial charge is 0.408 e. The molecule has 1 aromatic carbocycles. The van der Waals surface area contributed by atoms with E-state index in [0.29, 0.717) is 24.4 Å². The number of carbonyl (C=O) groups is 2. The van der Waals surface area contributed by atoms with Crippen LogP contribution >= 0.6 is 12.2 Å². The Kier molecular flexibility index (Phi) is 4.46. The summed E-state index contributed by atoms with van der Waals surface area (Å²) in [5.74, 6) is -0.355. The lowest BCUT2D eigenvalue weighted by atomic mass is 10.1. The van der Waals surface area contributed by atoms with Crippen LogP contribution in [0.15, 0.2) is 30.3 Å². The largest absolute Gasteiger partial charge is 0.436 e. The molecule has 0 radical (unpaired) electrons. The molecule has 0 aromatic heterocycles. The second-order valence-electron chi connectivity index (χ2n) is 4.18. The van der Waals surface area contributed by atoms with Crippen LogP contribution in [0.5, 0.6) is 0 Å². The van der Waals surface area contributed by atoms with Crippen molar-refractivity contribution in [2.75, 3.05) is 0 Å². The Hall–Kier alpha value is -1.95. The van der Waals surface area contributed by atoms with Gasteiger partial charge in [-0.1, -0.05) is 42.5 Å². The molecule has 1 unspecified atom stereocenters. The molecule has 1 fully saturated rings. The molecular formula is C13H14N2O3S. The van der Waals surface area contributed by atoms with Gasteiger partial charge in [0.15, 0.2) is 6.10 Å². The van der Waals surface area contributed by atoms with Crippen LogP contribution in [-0.2, 0) is 16.1 Å². The molecule has 0 saturated carbocycles. The quantitative estimate of drug-likeness (QED) is 0.823. The minimum Gasteiger partial charge on any atom is -0.436 e. The van der Waals surface area contributed by atoms with Crippen LogP contribution in [-0.4, -0.2) is 23.1 Å². The number of thiocarbonyl (C=S) groups is 1. The number of piperidine rings is 1. The first kappa shape index (κ1) is 13.5. The fourth-order valence-electron chi connectivity index (χ4n) is 1.73. The van der Waals surface area contributed by atoms with Gasteiger partial charge in [-0.2, -0.15) is 0 Å². The molecule has 1 aliphatic rings. The van der Waals surface area contributed by atoms with Crippen molar-refractivity contribution in [1.82, 2.24) is 10.6 Å². The Morgan fingerprint density at radius 3 is 2.84 bits per heavy atom. The number of hydrogen-bond donors (Lipinski definition) is 2. The van der Waals surface area contributed by atoms with Gasteiger partial charge in [0.1, 0.15) is 0 Å². The van der Waals surface area contributed by atoms with E-state index in [1.807, 2.05) is 30.3 Å². The number of carbonyl (C=O) groups excluding carboxylic acids is 2. The zero-order valence-electron chi connectivity index (χ0n) is 10.2. The van der Waals surface area contributed by atoms with Crippen LogP contribution in [0.4, 0.5) is 4.79 Å². The highest BCUT2D eigenvalue weighted by molar-refractivity contribution is 7.80. The molecule has 2 N–H and O–H groups in total. The minimum atomic E-state index is -0.762. The third-order valence-corrected chi connectivity index (χ3v) is 3.02. The van der Waals surface area contributed by atoms with Crippen molar-refractivity contribution in [3.63, 3.8) is 0 Å². The van der Waals surface area contributed by atoms with Crippen molar-refractivity contribution < 1.29 is 14.3 Å². The lowest BCUT2D eigenvalue weighted by Crippen LogP contribution is -2.46. The molecule has 0 aliphatic carbocycles. The maximum Gasteiger partial charge on any atom is 0.408 e. The number of hydrogen-bond acceptors (Lipinski definition) is 4. The van der Waals surface area contributed by atoms with Crippen molar-refractivity contribution in [3.8, 4) is 0 Å². The first-order valence-electron chi connectivity index (χ1n) is 5.97. The predicted octanol–water partition coefficient (Wildman–Crippen LogP) is 1.52. The van der Waals surface area contributed by atoms with E-state index in [1.165, 1.54) is 0 Å². The normalized spacial score (nSPS) is 18.6. The van der Waals surface area contributed by atoms with Gasteiger partial charge >= 0.3 is 6.09 Å². The van der Waals surface area contributed by atoms with Crippen molar-refractivity contribution in [3.05, 3.63) is 35.9 Å². The fourth-order valence-corrected chi connectivity index (χ4v) is 1.95. The summed E-state index contributed by atoms with van der Waals surface area (Å²) < 4.78 is 5.05. The van der Waals surface area contributed by atoms with Gasteiger partial charge < -0.3 is 15.4 Å². The molecule has 5 nitrogen and oxygen atoms in total. The Morgan fingerprint density at radius 1 is 1.42 bits per heavy atom. The Morgan fingerprint density at radius 2 is 2.16 bits per heavy atom. The van der Waals surface area contributed by atoms with Crippen LogP contribution in [0.25, 0.3) is 0 Å². The molecule has 1 saturated heterocycles. The van der Waals surface area contributed by atoms with Crippen LogP contribution in [0, 0.1) is 0 Å². The maximum absolute atomic E-state index is 11.6. The van der Waals surface area contributed by atoms with Crippen LogP contribution < -0.4 is 10.6 Å². The maximum atomic E-state index is 11.6. The average molecular weight is 278 g/mol. The van der Waals surface area contributed by atoms with E-state index in [9.17, 15) is 9.59 Å². The number of benzene rings is 1. The number of amides is 2. The summed E-state index contributed by atoms with van der Waals surface area (Å²) in [6.45, 7) is 0.367. The van der Waals surface area contributed by atoms with Crippen molar-refractivity contribution in [2.24, 2.45) is 0 Å². The average Bonchev–Trinajstić information content (AvgIpc) is 2.41. The Bertz CT molecular complexity index is 490. The summed E-state index contributed by atoms with van der Waals surface area (Å²) in [7, 11) is 0. The molecule has 1 heterocycles. The standard InChI is InChI=1S/C13H14N2O3S/c16-12-10(6-7-11(19)15-12)18-13(17)14-8-9-4-2-1-3-5-9/h1-5,10H,6-8H2,(H,14,17)(H,15,16,19). The molecule has 2 rings (SSSR count). The number of ether oxygens (including phenoxy) is 1. The van der Waals surface area contributed by atoms with E-state index in [-0.39, 0.29) is 5.91 Å². The summed E-state index contributed by atoms with van der Waals surface area (Å²) in [5.41, 5.74) is 0.966.